The number of esters is 3. The molecular formula is C42H28F12N6O8. The Morgan fingerprint density at radius 2 is 1.06 bits per heavy atom. The Bertz CT molecular complexity index is 2970. The van der Waals surface area contributed by atoms with Crippen molar-refractivity contribution in [2.24, 2.45) is 0 Å². The minimum absolute atomic E-state index is 0.0289. The molecule has 3 N–H and O–H groups in total. The van der Waals surface area contributed by atoms with Gasteiger partial charge in [0, 0.05) is 0 Å². The third-order valence-corrected chi connectivity index (χ3v) is 10.7. The van der Waals surface area contributed by atoms with Gasteiger partial charge in [-0.15, -0.1) is 0 Å². The number of H-pyrrole nitrogens is 1. The lowest BCUT2D eigenvalue weighted by molar-refractivity contribution is -0.199. The van der Waals surface area contributed by atoms with Gasteiger partial charge in [-0.25, -0.2) is 29.1 Å². The van der Waals surface area contributed by atoms with Crippen molar-refractivity contribution in [3.63, 3.8) is 0 Å². The first-order valence-corrected chi connectivity index (χ1v) is 19.8. The second kappa shape index (κ2) is 17.5. The van der Waals surface area contributed by atoms with Gasteiger partial charge in [-0.2, -0.15) is 57.4 Å². The standard InChI is InChI=1S/C42H28F12N6O8/c43-39(44,45)35(61)65-30-27(23-12-11-21-15-20(9-10-22(21)16-23)18-5-7-19(8-6-18)26-17-57-33(58-26)24-3-1-13-55-24)31(66-36(62)40(46,47)48)32(67-37(63)41(49,50)51)28-29(30)60(68-38(64)42(52,53)54)34(59-28)25-4-2-14-56-25/h5-12,15-17,24-25,55-56H,1-4,13-14H2,(H,57,58)/t24-,25-/m0/s1. The zero-order chi connectivity index (χ0) is 49.1. The number of carbonyl (C=O) groups is 4. The summed E-state index contributed by atoms with van der Waals surface area (Å²) >= 11 is 0. The maximum absolute atomic E-state index is 14.0. The molecule has 0 bridgehead atoms. The van der Waals surface area contributed by atoms with E-state index in [0.29, 0.717) is 11.1 Å². The topological polar surface area (TPSA) is 176 Å². The Kier molecular flexibility index (Phi) is 12.1. The Morgan fingerprint density at radius 3 is 1.60 bits per heavy atom. The minimum Gasteiger partial charge on any atom is -0.417 e. The molecule has 0 unspecified atom stereocenters. The summed E-state index contributed by atoms with van der Waals surface area (Å²) in [5, 5.41) is 6.30. The van der Waals surface area contributed by atoms with Crippen molar-refractivity contribution < 1.29 is 90.9 Å². The van der Waals surface area contributed by atoms with Crippen molar-refractivity contribution in [3.8, 4) is 50.8 Å². The van der Waals surface area contributed by atoms with Crippen LogP contribution in [-0.2, 0) is 19.2 Å². The number of benzene rings is 4. The van der Waals surface area contributed by atoms with Gasteiger partial charge in [-0.1, -0.05) is 48.5 Å². The number of aromatic amines is 1. The number of nitrogens with zero attached hydrogens (tertiary/aromatic N) is 3. The summed E-state index contributed by atoms with van der Waals surface area (Å²) in [6.45, 7) is 0.887. The molecule has 14 nitrogen and oxygen atoms in total. The van der Waals surface area contributed by atoms with Crippen LogP contribution in [0.15, 0.2) is 66.9 Å². The van der Waals surface area contributed by atoms with Crippen molar-refractivity contribution in [3.05, 3.63) is 78.5 Å². The molecule has 2 fully saturated rings. The van der Waals surface area contributed by atoms with Crippen molar-refractivity contribution in [1.82, 2.24) is 30.3 Å². The van der Waals surface area contributed by atoms with E-state index in [1.54, 1.807) is 36.5 Å². The number of imidazole rings is 2. The number of halogens is 12. The number of nitrogens with one attached hydrogen (secondary N) is 3. The smallest absolute Gasteiger partial charge is 0.417 e. The van der Waals surface area contributed by atoms with E-state index in [9.17, 15) is 71.9 Å². The summed E-state index contributed by atoms with van der Waals surface area (Å²) in [7, 11) is 0. The normalized spacial score (nSPS) is 16.9. The van der Waals surface area contributed by atoms with E-state index in [4.69, 9.17) is 0 Å². The number of hydrogen-bond acceptors (Lipinski definition) is 12. The SMILES string of the molecule is O=C(Oc1c(-c2ccc3cc(-c4ccc(-c5cnc([C@@H]6CCCN6)[nH]5)cc4)ccc3c2)c(OC(=O)C(F)(F)F)c2c(nc([C@@H]3CCCN3)n2OC(=O)C(F)(F)F)c1OC(=O)C(F)(F)F)C(F)(F)F. The predicted octanol–water partition coefficient (Wildman–Crippen LogP) is 8.68. The van der Waals surface area contributed by atoms with Crippen LogP contribution in [0, 0.1) is 0 Å². The van der Waals surface area contributed by atoms with Crippen LogP contribution >= 0.6 is 0 Å². The molecule has 4 heterocycles. The molecule has 2 saturated heterocycles. The number of rotatable bonds is 9. The lowest BCUT2D eigenvalue weighted by Gasteiger charge is -2.21. The zero-order valence-corrected chi connectivity index (χ0v) is 33.9. The van der Waals surface area contributed by atoms with Crippen LogP contribution in [0.25, 0.3) is 55.3 Å². The first-order valence-electron chi connectivity index (χ1n) is 19.8. The number of fused-ring (bicyclic) bond motifs is 2. The second-order valence-corrected chi connectivity index (χ2v) is 15.2. The lowest BCUT2D eigenvalue weighted by Crippen LogP contribution is -2.35. The number of alkyl halides is 12. The molecule has 4 aromatic carbocycles. The summed E-state index contributed by atoms with van der Waals surface area (Å²) < 4.78 is 180. The summed E-state index contributed by atoms with van der Waals surface area (Å²) in [5.74, 6) is -19.0. The van der Waals surface area contributed by atoms with Crippen molar-refractivity contribution in [2.75, 3.05) is 13.1 Å². The van der Waals surface area contributed by atoms with Gasteiger partial charge in [0.2, 0.25) is 5.75 Å². The van der Waals surface area contributed by atoms with Gasteiger partial charge in [0.05, 0.1) is 29.5 Å². The van der Waals surface area contributed by atoms with Gasteiger partial charge >= 0.3 is 48.6 Å². The van der Waals surface area contributed by atoms with Crippen LogP contribution in [0.4, 0.5) is 52.7 Å². The van der Waals surface area contributed by atoms with Crippen molar-refractivity contribution in [1.29, 1.82) is 0 Å². The van der Waals surface area contributed by atoms with Crippen LogP contribution in [0.1, 0.15) is 49.4 Å². The van der Waals surface area contributed by atoms with E-state index in [2.05, 4.69) is 44.6 Å². The third-order valence-electron chi connectivity index (χ3n) is 10.7. The lowest BCUT2D eigenvalue weighted by atomic mass is 9.95. The van der Waals surface area contributed by atoms with Crippen LogP contribution in [0.3, 0.4) is 0 Å². The van der Waals surface area contributed by atoms with Gasteiger partial charge in [-0.05, 0) is 83.9 Å². The largest absolute Gasteiger partial charge is 0.493 e. The summed E-state index contributed by atoms with van der Waals surface area (Å²) in [6, 6.07) is 13.2. The Hall–Kier alpha value is -7.22. The fourth-order valence-corrected chi connectivity index (χ4v) is 7.58. The summed E-state index contributed by atoms with van der Waals surface area (Å²) in [4.78, 5) is 66.0. The average molecular weight is 973 g/mol. The minimum atomic E-state index is -6.06. The van der Waals surface area contributed by atoms with Gasteiger partial charge in [0.25, 0.3) is 0 Å². The van der Waals surface area contributed by atoms with Gasteiger partial charge in [0.15, 0.2) is 22.8 Å². The van der Waals surface area contributed by atoms with Gasteiger partial charge in [0.1, 0.15) is 11.3 Å². The highest BCUT2D eigenvalue weighted by Crippen LogP contribution is 2.53. The molecular weight excluding hydrogens is 944 g/mol. The average Bonchev–Trinajstić information content (AvgIpc) is 4.11. The molecule has 0 spiro atoms. The third kappa shape index (κ3) is 9.49. The monoisotopic (exact) mass is 972 g/mol. The molecule has 6 aromatic rings. The molecule has 26 heteroatoms. The van der Waals surface area contributed by atoms with E-state index in [0.717, 1.165) is 54.7 Å². The van der Waals surface area contributed by atoms with E-state index < -0.39 is 99.9 Å². The molecule has 0 saturated carbocycles. The van der Waals surface area contributed by atoms with Gasteiger partial charge in [-0.3, -0.25) is 0 Å². The Balaban J connectivity index is 1.35. The Morgan fingerprint density at radius 1 is 0.574 bits per heavy atom. The van der Waals surface area contributed by atoms with Gasteiger partial charge < -0.3 is 34.7 Å². The highest BCUT2D eigenvalue weighted by molar-refractivity contribution is 6.05. The molecule has 2 aliphatic heterocycles. The van der Waals surface area contributed by atoms with Crippen molar-refractivity contribution >= 4 is 45.7 Å². The number of hydrogen-bond donors (Lipinski definition) is 3. The molecule has 68 heavy (non-hydrogen) atoms. The summed E-state index contributed by atoms with van der Waals surface area (Å²) in [5.41, 5.74) is -2.82. The molecule has 2 aliphatic rings. The van der Waals surface area contributed by atoms with Crippen LogP contribution in [0.5, 0.6) is 17.2 Å². The maximum Gasteiger partial charge on any atom is 0.493 e. The highest BCUT2D eigenvalue weighted by Gasteiger charge is 2.49. The van der Waals surface area contributed by atoms with Crippen molar-refractivity contribution in [2.45, 2.75) is 62.5 Å². The van der Waals surface area contributed by atoms with E-state index >= 15 is 0 Å². The molecule has 2 aromatic heterocycles. The maximum atomic E-state index is 14.0. The molecule has 0 radical (unpaired) electrons. The molecule has 0 amide bonds. The summed E-state index contributed by atoms with van der Waals surface area (Å²) in [6.07, 6.45) is -20.5. The van der Waals surface area contributed by atoms with Crippen LogP contribution in [0.2, 0.25) is 0 Å². The second-order valence-electron chi connectivity index (χ2n) is 15.2. The van der Waals surface area contributed by atoms with E-state index in [1.165, 1.54) is 12.1 Å². The molecule has 0 aliphatic carbocycles. The first-order chi connectivity index (χ1) is 31.9. The number of aromatic nitrogens is 4. The predicted molar refractivity (Wildman–Crippen MR) is 208 cm³/mol. The Labute approximate surface area is 371 Å². The molecule has 358 valence electrons. The number of ether oxygens (including phenoxy) is 3. The van der Waals surface area contributed by atoms with Crippen LogP contribution in [-0.4, -0.2) is 81.4 Å². The van der Waals surface area contributed by atoms with E-state index in [-0.39, 0.29) is 40.9 Å². The quantitative estimate of drug-likeness (QED) is 0.0715. The fourth-order valence-electron chi connectivity index (χ4n) is 7.58. The fraction of sp³-hybridized carbons (Fsp3) is 0.286. The van der Waals surface area contributed by atoms with E-state index in [1.807, 2.05) is 0 Å². The first kappa shape index (κ1) is 47.3. The number of carbonyl (C=O) groups excluding carboxylic acids is 4. The zero-order valence-electron chi connectivity index (χ0n) is 33.9. The molecule has 8 rings (SSSR count). The molecule has 2 atom stereocenters. The van der Waals surface area contributed by atoms with Crippen LogP contribution < -0.4 is 29.7 Å². The highest BCUT2D eigenvalue weighted by atomic mass is 19.4.